The largest absolute Gasteiger partial charge is 0.381 e. The van der Waals surface area contributed by atoms with E-state index in [0.717, 1.165) is 12.1 Å². The summed E-state index contributed by atoms with van der Waals surface area (Å²) in [6.07, 6.45) is 3.75. The van der Waals surface area contributed by atoms with Crippen molar-refractivity contribution in [2.45, 2.75) is 25.8 Å². The fourth-order valence-corrected chi connectivity index (χ4v) is 3.22. The first-order valence-corrected chi connectivity index (χ1v) is 8.50. The van der Waals surface area contributed by atoms with Crippen molar-refractivity contribution < 1.29 is 9.18 Å². The van der Waals surface area contributed by atoms with Crippen molar-refractivity contribution in [2.24, 2.45) is 13.0 Å². The predicted octanol–water partition coefficient (Wildman–Crippen LogP) is 3.16. The highest BCUT2D eigenvalue weighted by molar-refractivity contribution is 5.96. The Labute approximate surface area is 171 Å². The van der Waals surface area contributed by atoms with Gasteiger partial charge in [-0.2, -0.15) is 5.10 Å². The van der Waals surface area contributed by atoms with Crippen molar-refractivity contribution in [3.63, 3.8) is 0 Å². The van der Waals surface area contributed by atoms with Gasteiger partial charge in [-0.25, -0.2) is 4.39 Å². The number of carbonyl (C=O) groups is 1. The fourth-order valence-electron chi connectivity index (χ4n) is 3.22. The van der Waals surface area contributed by atoms with Crippen LogP contribution in [0.25, 0.3) is 0 Å². The average Bonchev–Trinajstić information content (AvgIpc) is 3.17. The Kier molecular flexibility index (Phi) is 8.53. The minimum atomic E-state index is -0.336. The predicted molar refractivity (Wildman–Crippen MR) is 111 cm³/mol. The molecule has 2 aromatic rings. The maximum absolute atomic E-state index is 13.5. The first kappa shape index (κ1) is 23.2. The molecule has 150 valence electrons. The van der Waals surface area contributed by atoms with E-state index < -0.39 is 0 Å². The van der Waals surface area contributed by atoms with Crippen LogP contribution < -0.4 is 16.0 Å². The SMILES string of the molecule is CC(C)Nc1cc(F)ccc1NC(=O)[C@H]1CNC[C@@H]1c1cnn(C)c1.Cl.Cl. The number of hydrogen-bond acceptors (Lipinski definition) is 4. The van der Waals surface area contributed by atoms with Gasteiger partial charge in [0.25, 0.3) is 0 Å². The molecule has 1 saturated heterocycles. The average molecular weight is 418 g/mol. The monoisotopic (exact) mass is 417 g/mol. The third-order valence-corrected chi connectivity index (χ3v) is 4.39. The molecular weight excluding hydrogens is 392 g/mol. The van der Waals surface area contributed by atoms with Gasteiger partial charge in [0.15, 0.2) is 0 Å². The zero-order valence-electron chi connectivity index (χ0n) is 15.5. The van der Waals surface area contributed by atoms with Gasteiger partial charge in [0.2, 0.25) is 5.91 Å². The van der Waals surface area contributed by atoms with Gasteiger partial charge in [-0.1, -0.05) is 0 Å². The summed E-state index contributed by atoms with van der Waals surface area (Å²) in [5.41, 5.74) is 2.23. The Morgan fingerprint density at radius 3 is 2.67 bits per heavy atom. The van der Waals surface area contributed by atoms with Crippen molar-refractivity contribution in [2.75, 3.05) is 23.7 Å². The third kappa shape index (κ3) is 5.57. The summed E-state index contributed by atoms with van der Waals surface area (Å²) in [6, 6.07) is 4.49. The highest BCUT2D eigenvalue weighted by Crippen LogP contribution is 2.30. The molecule has 1 aromatic heterocycles. The van der Waals surface area contributed by atoms with E-state index in [0.29, 0.717) is 17.9 Å². The van der Waals surface area contributed by atoms with E-state index in [1.165, 1.54) is 12.1 Å². The summed E-state index contributed by atoms with van der Waals surface area (Å²) in [5.74, 6) is -0.522. The van der Waals surface area contributed by atoms with Crippen molar-refractivity contribution in [3.8, 4) is 0 Å². The molecule has 0 saturated carbocycles. The van der Waals surface area contributed by atoms with Gasteiger partial charge >= 0.3 is 0 Å². The summed E-state index contributed by atoms with van der Waals surface area (Å²) >= 11 is 0. The molecule has 0 unspecified atom stereocenters. The quantitative estimate of drug-likeness (QED) is 0.698. The topological polar surface area (TPSA) is 71.0 Å². The molecule has 3 N–H and O–H groups in total. The van der Waals surface area contributed by atoms with Crippen LogP contribution in [0.2, 0.25) is 0 Å². The summed E-state index contributed by atoms with van der Waals surface area (Å²) in [4.78, 5) is 12.8. The third-order valence-electron chi connectivity index (χ3n) is 4.39. The molecule has 1 aliphatic rings. The van der Waals surface area contributed by atoms with Crippen LogP contribution in [-0.2, 0) is 11.8 Å². The van der Waals surface area contributed by atoms with Crippen LogP contribution in [-0.4, -0.2) is 34.8 Å². The first-order chi connectivity index (χ1) is 11.9. The fraction of sp³-hybridized carbons (Fsp3) is 0.444. The number of amides is 1. The Balaban J connectivity index is 0.00000182. The van der Waals surface area contributed by atoms with Crippen molar-refractivity contribution in [3.05, 3.63) is 42.0 Å². The lowest BCUT2D eigenvalue weighted by Crippen LogP contribution is -2.28. The molecule has 1 aliphatic heterocycles. The molecule has 2 atom stereocenters. The number of benzene rings is 1. The highest BCUT2D eigenvalue weighted by Gasteiger charge is 2.35. The van der Waals surface area contributed by atoms with Gasteiger partial charge in [0.1, 0.15) is 5.82 Å². The number of nitrogens with one attached hydrogen (secondary N) is 3. The Bertz CT molecular complexity index is 768. The standard InChI is InChI=1S/C18H24FN5O.2ClH/c1-11(2)22-17-6-13(19)4-5-16(17)23-18(25)15-9-20-8-14(15)12-7-21-24(3)10-12;;/h4-7,10-11,14-15,20,22H,8-9H2,1-3H3,(H,23,25);2*1H/t14-,15+;;/m1../s1. The molecule has 1 amide bonds. The zero-order valence-corrected chi connectivity index (χ0v) is 17.2. The summed E-state index contributed by atoms with van der Waals surface area (Å²) in [6.45, 7) is 5.29. The maximum atomic E-state index is 13.5. The molecule has 9 heteroatoms. The normalized spacial score (nSPS) is 18.6. The molecule has 0 radical (unpaired) electrons. The minimum absolute atomic E-state index is 0. The van der Waals surface area contributed by atoms with E-state index in [1.807, 2.05) is 33.3 Å². The van der Waals surface area contributed by atoms with Gasteiger partial charge in [-0.05, 0) is 37.6 Å². The number of rotatable bonds is 5. The van der Waals surface area contributed by atoms with E-state index in [2.05, 4.69) is 21.0 Å². The molecular formula is C18H26Cl2FN5O. The van der Waals surface area contributed by atoms with Crippen molar-refractivity contribution in [1.29, 1.82) is 0 Å². The molecule has 3 rings (SSSR count). The highest BCUT2D eigenvalue weighted by atomic mass is 35.5. The molecule has 1 fully saturated rings. The number of carbonyl (C=O) groups excluding carboxylic acids is 1. The van der Waals surface area contributed by atoms with E-state index in [1.54, 1.807) is 10.7 Å². The molecule has 27 heavy (non-hydrogen) atoms. The van der Waals surface area contributed by atoms with Crippen molar-refractivity contribution >= 4 is 42.1 Å². The van der Waals surface area contributed by atoms with Gasteiger partial charge in [-0.3, -0.25) is 9.48 Å². The van der Waals surface area contributed by atoms with Gasteiger partial charge in [0.05, 0.1) is 23.5 Å². The summed E-state index contributed by atoms with van der Waals surface area (Å²) < 4.78 is 15.3. The van der Waals surface area contributed by atoms with E-state index in [4.69, 9.17) is 0 Å². The maximum Gasteiger partial charge on any atom is 0.229 e. The molecule has 2 heterocycles. The lowest BCUT2D eigenvalue weighted by Gasteiger charge is -2.20. The molecule has 0 spiro atoms. The van der Waals surface area contributed by atoms with Gasteiger partial charge in [0, 0.05) is 38.3 Å². The van der Waals surface area contributed by atoms with Crippen LogP contribution in [0.15, 0.2) is 30.6 Å². The second-order valence-electron chi connectivity index (χ2n) is 6.80. The molecule has 0 bridgehead atoms. The molecule has 0 aliphatic carbocycles. The number of hydrogen-bond donors (Lipinski definition) is 3. The summed E-state index contributed by atoms with van der Waals surface area (Å²) in [5, 5.41) is 13.6. The van der Waals surface area contributed by atoms with Gasteiger partial charge in [-0.15, -0.1) is 24.8 Å². The minimum Gasteiger partial charge on any atom is -0.381 e. The molecule has 1 aromatic carbocycles. The van der Waals surface area contributed by atoms with Crippen LogP contribution >= 0.6 is 24.8 Å². The first-order valence-electron chi connectivity index (χ1n) is 8.50. The lowest BCUT2D eigenvalue weighted by atomic mass is 9.90. The van der Waals surface area contributed by atoms with Crippen LogP contribution in [0.3, 0.4) is 0 Å². The van der Waals surface area contributed by atoms with Crippen LogP contribution in [0.4, 0.5) is 15.8 Å². The zero-order chi connectivity index (χ0) is 18.0. The van der Waals surface area contributed by atoms with Crippen LogP contribution in [0.1, 0.15) is 25.3 Å². The van der Waals surface area contributed by atoms with E-state index >= 15 is 0 Å². The Hall–Kier alpha value is -1.83. The van der Waals surface area contributed by atoms with E-state index in [9.17, 15) is 9.18 Å². The molecule has 6 nitrogen and oxygen atoms in total. The number of aromatic nitrogens is 2. The number of nitrogens with zero attached hydrogens (tertiary/aromatic N) is 2. The Morgan fingerprint density at radius 1 is 1.30 bits per heavy atom. The van der Waals surface area contributed by atoms with Crippen LogP contribution in [0, 0.1) is 11.7 Å². The second kappa shape index (κ2) is 9.92. The number of anilines is 2. The Morgan fingerprint density at radius 2 is 2.04 bits per heavy atom. The number of aryl methyl sites for hydroxylation is 1. The number of halogens is 3. The van der Waals surface area contributed by atoms with E-state index in [-0.39, 0.29) is 54.4 Å². The van der Waals surface area contributed by atoms with Crippen LogP contribution in [0.5, 0.6) is 0 Å². The lowest BCUT2D eigenvalue weighted by molar-refractivity contribution is -0.119. The second-order valence-corrected chi connectivity index (χ2v) is 6.80. The smallest absolute Gasteiger partial charge is 0.229 e. The van der Waals surface area contributed by atoms with Crippen molar-refractivity contribution in [1.82, 2.24) is 15.1 Å². The van der Waals surface area contributed by atoms with Gasteiger partial charge < -0.3 is 16.0 Å². The summed E-state index contributed by atoms with van der Waals surface area (Å²) in [7, 11) is 1.86.